The molecular weight excluding hydrogens is 409 g/mol. The number of rotatable bonds is 6. The molecule has 31 heavy (non-hydrogen) atoms. The van der Waals surface area contributed by atoms with Crippen molar-refractivity contribution < 1.29 is 18.0 Å². The maximum absolute atomic E-state index is 14.9. The second kappa shape index (κ2) is 7.91. The highest BCUT2D eigenvalue weighted by Gasteiger charge is 2.31. The van der Waals surface area contributed by atoms with Crippen molar-refractivity contribution in [3.8, 4) is 6.07 Å². The highest BCUT2D eigenvalue weighted by atomic mass is 19.3. The number of aromatic nitrogens is 3. The number of fused-ring (bicyclic) bond motifs is 1. The summed E-state index contributed by atoms with van der Waals surface area (Å²) < 4.78 is 42.9. The van der Waals surface area contributed by atoms with Crippen molar-refractivity contribution in [3.63, 3.8) is 0 Å². The Morgan fingerprint density at radius 1 is 1.39 bits per heavy atom. The zero-order valence-electron chi connectivity index (χ0n) is 16.9. The number of benzene rings is 1. The van der Waals surface area contributed by atoms with E-state index in [9.17, 15) is 18.0 Å². The summed E-state index contributed by atoms with van der Waals surface area (Å²) in [4.78, 5) is 22.4. The Hall–Kier alpha value is -3.61. The summed E-state index contributed by atoms with van der Waals surface area (Å²) in [7, 11) is 3.26. The number of nitrogens with one attached hydrogen (secondary N) is 1. The average molecular weight is 428 g/mol. The SMILES string of the molecule is CN(c1cc2c(ncn2C)c(NC(=O)C2CC2)n1)c1c(F)cc(C#N)cc1CC(F)F. The fraction of sp³-hybridized carbons (Fsp3) is 0.333. The van der Waals surface area contributed by atoms with E-state index in [-0.39, 0.29) is 40.3 Å². The number of nitrogens with zero attached hydrogens (tertiary/aromatic N) is 5. The molecule has 0 bridgehead atoms. The number of pyridine rings is 1. The third kappa shape index (κ3) is 4.03. The van der Waals surface area contributed by atoms with Crippen molar-refractivity contribution in [1.82, 2.24) is 14.5 Å². The summed E-state index contributed by atoms with van der Waals surface area (Å²) in [5.74, 6) is -0.576. The van der Waals surface area contributed by atoms with Gasteiger partial charge in [-0.05, 0) is 30.5 Å². The molecule has 3 aromatic rings. The minimum Gasteiger partial charge on any atom is -0.334 e. The zero-order valence-corrected chi connectivity index (χ0v) is 16.9. The van der Waals surface area contributed by atoms with E-state index in [4.69, 9.17) is 5.26 Å². The van der Waals surface area contributed by atoms with E-state index < -0.39 is 18.7 Å². The predicted octanol–water partition coefficient (Wildman–Crippen LogP) is 3.90. The number of amides is 1. The minimum absolute atomic E-state index is 0.00970. The van der Waals surface area contributed by atoms with E-state index in [1.54, 1.807) is 30.1 Å². The van der Waals surface area contributed by atoms with Crippen molar-refractivity contribution in [2.45, 2.75) is 25.7 Å². The first kappa shape index (κ1) is 20.7. The Morgan fingerprint density at radius 3 is 2.77 bits per heavy atom. The molecule has 0 spiro atoms. The molecule has 1 aromatic carbocycles. The lowest BCUT2D eigenvalue weighted by Crippen LogP contribution is -2.19. The van der Waals surface area contributed by atoms with Crippen molar-refractivity contribution in [2.24, 2.45) is 13.0 Å². The number of carbonyl (C=O) groups is 1. The van der Waals surface area contributed by atoms with Gasteiger partial charge in [-0.2, -0.15) is 5.26 Å². The van der Waals surface area contributed by atoms with E-state index >= 15 is 0 Å². The lowest BCUT2D eigenvalue weighted by Gasteiger charge is -2.23. The summed E-state index contributed by atoms with van der Waals surface area (Å²) in [6, 6.07) is 5.67. The van der Waals surface area contributed by atoms with E-state index in [1.807, 2.05) is 0 Å². The maximum atomic E-state index is 14.9. The number of nitriles is 1. The van der Waals surface area contributed by atoms with Gasteiger partial charge in [0.2, 0.25) is 12.3 Å². The van der Waals surface area contributed by atoms with Crippen LogP contribution in [0.3, 0.4) is 0 Å². The largest absolute Gasteiger partial charge is 0.334 e. The van der Waals surface area contributed by atoms with Gasteiger partial charge in [-0.15, -0.1) is 0 Å². The molecule has 1 saturated carbocycles. The Balaban J connectivity index is 1.82. The first-order chi connectivity index (χ1) is 14.8. The van der Waals surface area contributed by atoms with Gasteiger partial charge >= 0.3 is 0 Å². The third-order valence-corrected chi connectivity index (χ3v) is 5.21. The molecule has 0 saturated heterocycles. The van der Waals surface area contributed by atoms with Crippen LogP contribution in [0.15, 0.2) is 24.5 Å². The van der Waals surface area contributed by atoms with Crippen LogP contribution in [0.5, 0.6) is 0 Å². The van der Waals surface area contributed by atoms with Crippen LogP contribution in [0.1, 0.15) is 24.0 Å². The second-order valence-electron chi connectivity index (χ2n) is 7.55. The summed E-state index contributed by atoms with van der Waals surface area (Å²) in [5.41, 5.74) is 0.948. The molecule has 0 atom stereocenters. The van der Waals surface area contributed by atoms with Gasteiger partial charge in [0.25, 0.3) is 0 Å². The Kier molecular flexibility index (Phi) is 5.27. The molecule has 1 aliphatic carbocycles. The monoisotopic (exact) mass is 428 g/mol. The fourth-order valence-corrected chi connectivity index (χ4v) is 3.47. The summed E-state index contributed by atoms with van der Waals surface area (Å²) in [6.45, 7) is 0. The van der Waals surface area contributed by atoms with E-state index in [0.717, 1.165) is 18.9 Å². The van der Waals surface area contributed by atoms with Crippen molar-refractivity contribution in [1.29, 1.82) is 5.26 Å². The minimum atomic E-state index is -2.72. The van der Waals surface area contributed by atoms with Crippen LogP contribution in [0.2, 0.25) is 0 Å². The summed E-state index contributed by atoms with van der Waals surface area (Å²) in [6.07, 6.45) is -0.255. The normalized spacial score (nSPS) is 13.5. The highest BCUT2D eigenvalue weighted by molar-refractivity contribution is 6.00. The molecule has 7 nitrogen and oxygen atoms in total. The van der Waals surface area contributed by atoms with Gasteiger partial charge in [0.1, 0.15) is 17.2 Å². The van der Waals surface area contributed by atoms with Crippen LogP contribution in [0, 0.1) is 23.1 Å². The summed E-state index contributed by atoms with van der Waals surface area (Å²) in [5, 5.41) is 11.9. The van der Waals surface area contributed by atoms with E-state index in [2.05, 4.69) is 15.3 Å². The fourth-order valence-electron chi connectivity index (χ4n) is 3.47. The molecule has 1 aliphatic rings. The Bertz CT molecular complexity index is 1210. The number of hydrogen-bond acceptors (Lipinski definition) is 5. The molecule has 1 fully saturated rings. The molecular formula is C21H19F3N6O. The van der Waals surface area contributed by atoms with Gasteiger partial charge < -0.3 is 14.8 Å². The first-order valence-electron chi connectivity index (χ1n) is 9.65. The molecule has 1 N–H and O–H groups in total. The number of anilines is 3. The number of halogens is 3. The van der Waals surface area contributed by atoms with Crippen molar-refractivity contribution >= 4 is 34.3 Å². The maximum Gasteiger partial charge on any atom is 0.242 e. The van der Waals surface area contributed by atoms with Crippen LogP contribution in [0.25, 0.3) is 11.0 Å². The molecule has 160 valence electrons. The molecule has 0 aliphatic heterocycles. The number of carbonyl (C=O) groups excluding carboxylic acids is 1. The lowest BCUT2D eigenvalue weighted by atomic mass is 10.0. The molecule has 1 amide bonds. The van der Waals surface area contributed by atoms with E-state index in [0.29, 0.717) is 11.0 Å². The molecule has 0 unspecified atom stereocenters. The van der Waals surface area contributed by atoms with Crippen LogP contribution in [-0.4, -0.2) is 33.9 Å². The van der Waals surface area contributed by atoms with Gasteiger partial charge in [0.05, 0.1) is 29.2 Å². The molecule has 2 heterocycles. The Morgan fingerprint density at radius 2 is 2.13 bits per heavy atom. The van der Waals surface area contributed by atoms with Gasteiger partial charge in [-0.3, -0.25) is 4.79 Å². The predicted molar refractivity (Wildman–Crippen MR) is 109 cm³/mol. The van der Waals surface area contributed by atoms with Crippen LogP contribution in [-0.2, 0) is 18.3 Å². The number of aryl methyl sites for hydroxylation is 1. The van der Waals surface area contributed by atoms with Gasteiger partial charge in [0.15, 0.2) is 5.82 Å². The van der Waals surface area contributed by atoms with Crippen molar-refractivity contribution in [3.05, 3.63) is 41.5 Å². The Labute approximate surface area is 176 Å². The first-order valence-corrected chi connectivity index (χ1v) is 9.65. The number of imidazole rings is 1. The molecule has 0 radical (unpaired) electrons. The van der Waals surface area contributed by atoms with Crippen LogP contribution < -0.4 is 10.2 Å². The molecule has 10 heteroatoms. The highest BCUT2D eigenvalue weighted by Crippen LogP contribution is 2.35. The molecule has 2 aromatic heterocycles. The third-order valence-electron chi connectivity index (χ3n) is 5.21. The van der Waals surface area contributed by atoms with Gasteiger partial charge in [0, 0.05) is 32.5 Å². The number of alkyl halides is 2. The quantitative estimate of drug-likeness (QED) is 0.644. The smallest absolute Gasteiger partial charge is 0.242 e. The second-order valence-corrected chi connectivity index (χ2v) is 7.55. The van der Waals surface area contributed by atoms with Crippen molar-refractivity contribution in [2.75, 3.05) is 17.3 Å². The van der Waals surface area contributed by atoms with Gasteiger partial charge in [-0.25, -0.2) is 23.1 Å². The average Bonchev–Trinajstić information content (AvgIpc) is 3.50. The lowest BCUT2D eigenvalue weighted by molar-refractivity contribution is -0.117. The van der Waals surface area contributed by atoms with Crippen LogP contribution >= 0.6 is 0 Å². The topological polar surface area (TPSA) is 86.8 Å². The summed E-state index contributed by atoms with van der Waals surface area (Å²) >= 11 is 0. The number of hydrogen-bond donors (Lipinski definition) is 1. The van der Waals surface area contributed by atoms with E-state index in [1.165, 1.54) is 18.0 Å². The van der Waals surface area contributed by atoms with Crippen LogP contribution in [0.4, 0.5) is 30.5 Å². The zero-order chi connectivity index (χ0) is 22.3. The van der Waals surface area contributed by atoms with Gasteiger partial charge in [-0.1, -0.05) is 0 Å². The molecule has 4 rings (SSSR count). The standard InChI is InChI=1S/C21H19F3N6O/c1-29-10-26-18-15(29)8-17(27-20(18)28-21(31)12-3-4-12)30(2)19-13(7-16(23)24)5-11(9-25)6-14(19)22/h5-6,8,10,12,16H,3-4,7H2,1-2H3,(H,27,28,31).